The van der Waals surface area contributed by atoms with Gasteiger partial charge in [-0.05, 0) is 24.3 Å². The lowest BCUT2D eigenvalue weighted by Gasteiger charge is -2.14. The van der Waals surface area contributed by atoms with Crippen LogP contribution in [0.3, 0.4) is 0 Å². The number of carbonyl (C=O) groups is 1. The number of rotatable bonds is 8. The predicted octanol–water partition coefficient (Wildman–Crippen LogP) is 2.69. The van der Waals surface area contributed by atoms with Crippen LogP contribution in [0.2, 0.25) is 0 Å². The number of anilines is 1. The molecule has 2 aromatic carbocycles. The molecule has 142 valence electrons. The molecular weight excluding hydrogens is 347 g/mol. The second-order valence-corrected chi connectivity index (χ2v) is 5.55. The highest BCUT2D eigenvalue weighted by molar-refractivity contribution is 5.94. The number of amides is 1. The molecule has 2 rings (SSSR count). The van der Waals surface area contributed by atoms with E-state index in [1.54, 1.807) is 19.2 Å². The zero-order valence-electron chi connectivity index (χ0n) is 15.2. The van der Waals surface area contributed by atoms with E-state index in [0.29, 0.717) is 24.8 Å². The number of nitrogens with one attached hydrogen (secondary N) is 3. The van der Waals surface area contributed by atoms with Crippen molar-refractivity contribution in [3.05, 3.63) is 72.6 Å². The fourth-order valence-corrected chi connectivity index (χ4v) is 2.27. The molecule has 0 saturated heterocycles. The molecule has 0 bridgehead atoms. The van der Waals surface area contributed by atoms with Crippen molar-refractivity contribution in [2.75, 3.05) is 25.5 Å². The first-order valence-corrected chi connectivity index (χ1v) is 8.44. The highest BCUT2D eigenvalue weighted by atomic mass is 19.1. The molecule has 0 heterocycles. The van der Waals surface area contributed by atoms with E-state index >= 15 is 0 Å². The van der Waals surface area contributed by atoms with Crippen LogP contribution in [0.1, 0.15) is 5.56 Å². The molecular formula is C20H23FN4O2. The van der Waals surface area contributed by atoms with E-state index < -0.39 is 5.82 Å². The molecule has 2 aromatic rings. The lowest BCUT2D eigenvalue weighted by atomic mass is 10.2. The van der Waals surface area contributed by atoms with Gasteiger partial charge in [-0.2, -0.15) is 0 Å². The van der Waals surface area contributed by atoms with Gasteiger partial charge in [0.1, 0.15) is 18.2 Å². The minimum Gasteiger partial charge on any atom is -0.489 e. The Morgan fingerprint density at radius 3 is 2.78 bits per heavy atom. The number of hydrogen-bond acceptors (Lipinski definition) is 3. The standard InChI is InChI=1S/C20H23FN4O2/c1-3-11-27-18-10-5-4-7-15(18)13-23-20(22-2)24-14-19(26)25-17-9-6-8-16(21)12-17/h3-10,12H,1,11,13-14H2,2H3,(H,25,26)(H2,22,23,24). The molecule has 7 heteroatoms. The third-order valence-corrected chi connectivity index (χ3v) is 3.52. The summed E-state index contributed by atoms with van der Waals surface area (Å²) in [5.74, 6) is 0.501. The Bertz CT molecular complexity index is 808. The maximum Gasteiger partial charge on any atom is 0.243 e. The van der Waals surface area contributed by atoms with Gasteiger partial charge in [0.15, 0.2) is 5.96 Å². The second-order valence-electron chi connectivity index (χ2n) is 5.55. The smallest absolute Gasteiger partial charge is 0.243 e. The maximum atomic E-state index is 13.1. The van der Waals surface area contributed by atoms with Crippen LogP contribution in [0, 0.1) is 5.82 Å². The SMILES string of the molecule is C=CCOc1ccccc1CNC(=NC)NCC(=O)Nc1cccc(F)c1. The molecule has 0 radical (unpaired) electrons. The van der Waals surface area contributed by atoms with Crippen molar-refractivity contribution in [2.45, 2.75) is 6.54 Å². The van der Waals surface area contributed by atoms with Gasteiger partial charge in [0, 0.05) is 24.8 Å². The number of benzene rings is 2. The number of carbonyl (C=O) groups excluding carboxylic acids is 1. The summed E-state index contributed by atoms with van der Waals surface area (Å²) >= 11 is 0. The molecule has 0 spiro atoms. The summed E-state index contributed by atoms with van der Waals surface area (Å²) in [5, 5.41) is 8.65. The lowest BCUT2D eigenvalue weighted by Crippen LogP contribution is -2.41. The second kappa shape index (κ2) is 10.6. The molecule has 6 nitrogen and oxygen atoms in total. The molecule has 27 heavy (non-hydrogen) atoms. The van der Waals surface area contributed by atoms with Crippen LogP contribution in [0.5, 0.6) is 5.75 Å². The van der Waals surface area contributed by atoms with Crippen molar-refractivity contribution in [2.24, 2.45) is 4.99 Å². The van der Waals surface area contributed by atoms with Crippen molar-refractivity contribution in [1.82, 2.24) is 10.6 Å². The highest BCUT2D eigenvalue weighted by Gasteiger charge is 2.07. The average molecular weight is 370 g/mol. The van der Waals surface area contributed by atoms with E-state index in [0.717, 1.165) is 11.3 Å². The normalized spacial score (nSPS) is 10.8. The summed E-state index contributed by atoms with van der Waals surface area (Å²) < 4.78 is 18.8. The van der Waals surface area contributed by atoms with E-state index in [2.05, 4.69) is 27.5 Å². The summed E-state index contributed by atoms with van der Waals surface area (Å²) in [6.45, 7) is 4.52. The molecule has 0 aromatic heterocycles. The molecule has 0 fully saturated rings. The third kappa shape index (κ3) is 6.81. The van der Waals surface area contributed by atoms with Gasteiger partial charge in [-0.25, -0.2) is 4.39 Å². The zero-order valence-corrected chi connectivity index (χ0v) is 15.2. The summed E-state index contributed by atoms with van der Waals surface area (Å²) in [5.41, 5.74) is 1.35. The van der Waals surface area contributed by atoms with Crippen molar-refractivity contribution in [3.63, 3.8) is 0 Å². The number of ether oxygens (including phenoxy) is 1. The molecule has 0 unspecified atom stereocenters. The number of nitrogens with zero attached hydrogens (tertiary/aromatic N) is 1. The van der Waals surface area contributed by atoms with Crippen molar-refractivity contribution in [3.8, 4) is 5.75 Å². The van der Waals surface area contributed by atoms with Crippen molar-refractivity contribution in [1.29, 1.82) is 0 Å². The van der Waals surface area contributed by atoms with Crippen LogP contribution in [0.15, 0.2) is 66.2 Å². The van der Waals surface area contributed by atoms with E-state index in [4.69, 9.17) is 4.74 Å². The quantitative estimate of drug-likeness (QED) is 0.379. The molecule has 0 saturated carbocycles. The largest absolute Gasteiger partial charge is 0.489 e. The van der Waals surface area contributed by atoms with E-state index in [9.17, 15) is 9.18 Å². The Morgan fingerprint density at radius 2 is 2.04 bits per heavy atom. The van der Waals surface area contributed by atoms with Gasteiger partial charge in [0.2, 0.25) is 5.91 Å². The highest BCUT2D eigenvalue weighted by Crippen LogP contribution is 2.17. The van der Waals surface area contributed by atoms with Crippen LogP contribution >= 0.6 is 0 Å². The Morgan fingerprint density at radius 1 is 1.22 bits per heavy atom. The van der Waals surface area contributed by atoms with Gasteiger partial charge < -0.3 is 20.7 Å². The minimum absolute atomic E-state index is 0.00913. The number of aliphatic imine (C=N–C) groups is 1. The van der Waals surface area contributed by atoms with Gasteiger partial charge in [-0.15, -0.1) is 0 Å². The summed E-state index contributed by atoms with van der Waals surface area (Å²) in [6, 6.07) is 13.4. The topological polar surface area (TPSA) is 74.8 Å². The fraction of sp³-hybridized carbons (Fsp3) is 0.200. The third-order valence-electron chi connectivity index (χ3n) is 3.52. The molecule has 0 atom stereocenters. The Labute approximate surface area is 158 Å². The molecule has 0 aliphatic carbocycles. The van der Waals surface area contributed by atoms with Crippen LogP contribution < -0.4 is 20.7 Å². The summed E-state index contributed by atoms with van der Waals surface area (Å²) in [7, 11) is 1.61. The van der Waals surface area contributed by atoms with Gasteiger partial charge in [0.05, 0.1) is 6.54 Å². The van der Waals surface area contributed by atoms with Crippen LogP contribution in [0.25, 0.3) is 0 Å². The first-order valence-electron chi connectivity index (χ1n) is 8.44. The predicted molar refractivity (Wildman–Crippen MR) is 105 cm³/mol. The average Bonchev–Trinajstić information content (AvgIpc) is 2.67. The number of hydrogen-bond donors (Lipinski definition) is 3. The maximum absolute atomic E-state index is 13.1. The molecule has 3 N–H and O–H groups in total. The first-order chi connectivity index (χ1) is 13.1. The minimum atomic E-state index is -0.407. The number of para-hydroxylation sites is 1. The lowest BCUT2D eigenvalue weighted by molar-refractivity contribution is -0.115. The Kier molecular flexibility index (Phi) is 7.84. The van der Waals surface area contributed by atoms with Crippen molar-refractivity contribution >= 4 is 17.6 Å². The van der Waals surface area contributed by atoms with Gasteiger partial charge in [0.25, 0.3) is 0 Å². The Hall–Kier alpha value is -3.35. The number of halogens is 1. The summed E-state index contributed by atoms with van der Waals surface area (Å²) in [6.07, 6.45) is 1.68. The van der Waals surface area contributed by atoms with E-state index in [-0.39, 0.29) is 12.5 Å². The zero-order chi connectivity index (χ0) is 19.5. The van der Waals surface area contributed by atoms with Crippen LogP contribution in [-0.2, 0) is 11.3 Å². The van der Waals surface area contributed by atoms with Crippen LogP contribution in [-0.4, -0.2) is 32.1 Å². The monoisotopic (exact) mass is 370 g/mol. The first kappa shape index (κ1) is 20.0. The van der Waals surface area contributed by atoms with Crippen LogP contribution in [0.4, 0.5) is 10.1 Å². The van der Waals surface area contributed by atoms with E-state index in [1.807, 2.05) is 24.3 Å². The van der Waals surface area contributed by atoms with Crippen molar-refractivity contribution < 1.29 is 13.9 Å². The molecule has 0 aliphatic rings. The van der Waals surface area contributed by atoms with Gasteiger partial charge >= 0.3 is 0 Å². The number of guanidine groups is 1. The van der Waals surface area contributed by atoms with Gasteiger partial charge in [-0.3, -0.25) is 9.79 Å². The molecule has 1 amide bonds. The van der Waals surface area contributed by atoms with E-state index in [1.165, 1.54) is 18.2 Å². The van der Waals surface area contributed by atoms with Gasteiger partial charge in [-0.1, -0.05) is 36.9 Å². The molecule has 0 aliphatic heterocycles. The fourth-order valence-electron chi connectivity index (χ4n) is 2.27. The summed E-state index contributed by atoms with van der Waals surface area (Å²) in [4.78, 5) is 16.1. The Balaban J connectivity index is 1.84.